The predicted octanol–water partition coefficient (Wildman–Crippen LogP) is 11.5. The molecule has 230 valence electrons. The van der Waals surface area contributed by atoms with Crippen LogP contribution in [0.2, 0.25) is 0 Å². The smallest absolute Gasteiger partial charge is 0.0629 e. The van der Waals surface area contributed by atoms with Crippen molar-refractivity contribution in [2.75, 3.05) is 4.90 Å². The Kier molecular flexibility index (Phi) is 6.09. The first-order valence-corrected chi connectivity index (χ1v) is 17.4. The van der Waals surface area contributed by atoms with Crippen LogP contribution in [0.3, 0.4) is 0 Å². The minimum absolute atomic E-state index is 0.173. The lowest BCUT2D eigenvalue weighted by atomic mass is 9.52. The van der Waals surface area contributed by atoms with E-state index < -0.39 is 0 Å². The van der Waals surface area contributed by atoms with Gasteiger partial charge >= 0.3 is 0 Å². The summed E-state index contributed by atoms with van der Waals surface area (Å²) >= 11 is 0. The number of benzene rings is 6. The zero-order valence-electron chi connectivity index (χ0n) is 27.1. The van der Waals surface area contributed by atoms with Crippen LogP contribution in [0.15, 0.2) is 176 Å². The molecule has 3 aliphatic carbocycles. The summed E-state index contributed by atoms with van der Waals surface area (Å²) in [5.41, 5.74) is 9.47. The fourth-order valence-corrected chi connectivity index (χ4v) is 9.67. The highest BCUT2D eigenvalue weighted by molar-refractivity contribution is 6.07. The van der Waals surface area contributed by atoms with Gasteiger partial charge in [-0.25, -0.2) is 0 Å². The van der Waals surface area contributed by atoms with Crippen LogP contribution in [-0.4, -0.2) is 6.04 Å². The van der Waals surface area contributed by atoms with E-state index in [0.717, 1.165) is 0 Å². The lowest BCUT2D eigenvalue weighted by Gasteiger charge is -2.50. The molecule has 6 aromatic rings. The van der Waals surface area contributed by atoms with E-state index in [4.69, 9.17) is 0 Å². The van der Waals surface area contributed by atoms with Crippen molar-refractivity contribution in [2.45, 2.75) is 30.2 Å². The van der Waals surface area contributed by atoms with Gasteiger partial charge in [-0.2, -0.15) is 0 Å². The van der Waals surface area contributed by atoms with Gasteiger partial charge in [-0.1, -0.05) is 165 Å². The Hall–Kier alpha value is -5.40. The van der Waals surface area contributed by atoms with Gasteiger partial charge in [0.2, 0.25) is 0 Å². The highest BCUT2D eigenvalue weighted by Crippen LogP contribution is 2.57. The van der Waals surface area contributed by atoms with Gasteiger partial charge < -0.3 is 4.90 Å². The number of rotatable bonds is 3. The summed E-state index contributed by atoms with van der Waals surface area (Å²) < 4.78 is 0. The third-order valence-electron chi connectivity index (χ3n) is 11.9. The molecule has 0 saturated carbocycles. The number of para-hydroxylation sites is 1. The first-order chi connectivity index (χ1) is 23.7. The van der Waals surface area contributed by atoms with Crippen molar-refractivity contribution >= 4 is 32.9 Å². The van der Waals surface area contributed by atoms with Crippen molar-refractivity contribution in [3.63, 3.8) is 0 Å². The highest BCUT2D eigenvalue weighted by atomic mass is 15.2. The first-order valence-electron chi connectivity index (χ1n) is 17.4. The quantitative estimate of drug-likeness (QED) is 0.179. The topological polar surface area (TPSA) is 3.24 Å². The van der Waals surface area contributed by atoms with Crippen LogP contribution in [0, 0.1) is 11.8 Å². The van der Waals surface area contributed by atoms with E-state index in [2.05, 4.69) is 188 Å². The third kappa shape index (κ3) is 3.91. The van der Waals surface area contributed by atoms with Crippen LogP contribution in [0.25, 0.3) is 21.5 Å². The molecule has 0 N–H and O–H groups in total. The summed E-state index contributed by atoms with van der Waals surface area (Å²) in [5, 5.41) is 5.25. The van der Waals surface area contributed by atoms with Gasteiger partial charge in [-0.3, -0.25) is 0 Å². The van der Waals surface area contributed by atoms with Crippen LogP contribution < -0.4 is 4.90 Å². The molecule has 6 atom stereocenters. The standard InChI is InChI=1S/C47H37N/c1-47(34-26-29-37-33(30-34)23-22-31-12-2-3-13-36(31)37)42-18-8-4-16-40(42)46(41-17-5-9-19-43(41)47)32-24-27-35(28-25-32)48-44-20-10-6-14-38(44)39-15-7-11-21-45(39)48/h2-30,38,40,42,44,46H,1H3. The van der Waals surface area contributed by atoms with Gasteiger partial charge in [0.05, 0.1) is 6.04 Å². The molecule has 1 nitrogen and oxygen atoms in total. The van der Waals surface area contributed by atoms with E-state index >= 15 is 0 Å². The average molecular weight is 616 g/mol. The fraction of sp³-hybridized carbons (Fsp3) is 0.149. The van der Waals surface area contributed by atoms with Crippen molar-refractivity contribution in [3.05, 3.63) is 204 Å². The number of hydrogen-bond donors (Lipinski definition) is 0. The molecule has 4 aliphatic rings. The maximum absolute atomic E-state index is 2.53. The average Bonchev–Trinajstić information content (AvgIpc) is 3.49. The van der Waals surface area contributed by atoms with E-state index in [-0.39, 0.29) is 11.3 Å². The van der Waals surface area contributed by atoms with Crippen molar-refractivity contribution in [1.29, 1.82) is 0 Å². The van der Waals surface area contributed by atoms with Crippen LogP contribution in [0.1, 0.15) is 46.6 Å². The molecule has 0 fully saturated rings. The van der Waals surface area contributed by atoms with E-state index in [1.165, 1.54) is 60.7 Å². The summed E-state index contributed by atoms with van der Waals surface area (Å²) in [6, 6.07) is 48.6. The van der Waals surface area contributed by atoms with Gasteiger partial charge in [-0.05, 0) is 79.4 Å². The van der Waals surface area contributed by atoms with Gasteiger partial charge in [0.15, 0.2) is 0 Å². The third-order valence-corrected chi connectivity index (χ3v) is 11.9. The summed E-state index contributed by atoms with van der Waals surface area (Å²) in [5.74, 6) is 1.33. The Bertz CT molecular complexity index is 2350. The van der Waals surface area contributed by atoms with E-state index in [1.54, 1.807) is 0 Å². The molecule has 0 saturated heterocycles. The van der Waals surface area contributed by atoms with Gasteiger partial charge in [0, 0.05) is 28.6 Å². The van der Waals surface area contributed by atoms with Gasteiger partial charge in [0.1, 0.15) is 0 Å². The number of fused-ring (bicyclic) bond motifs is 8. The molecule has 10 rings (SSSR count). The van der Waals surface area contributed by atoms with E-state index in [9.17, 15) is 0 Å². The molecule has 6 unspecified atom stereocenters. The zero-order chi connectivity index (χ0) is 31.8. The van der Waals surface area contributed by atoms with E-state index in [1.807, 2.05) is 0 Å². The minimum Gasteiger partial charge on any atom is -0.333 e. The zero-order valence-corrected chi connectivity index (χ0v) is 27.1. The number of nitrogens with zero attached hydrogens (tertiary/aromatic N) is 1. The lowest BCUT2D eigenvalue weighted by Crippen LogP contribution is -2.44. The highest BCUT2D eigenvalue weighted by Gasteiger charge is 2.49. The van der Waals surface area contributed by atoms with Gasteiger partial charge in [0.25, 0.3) is 0 Å². The fourth-order valence-electron chi connectivity index (χ4n) is 9.67. The maximum Gasteiger partial charge on any atom is 0.0629 e. The summed E-state index contributed by atoms with van der Waals surface area (Å²) in [7, 11) is 0. The molecule has 0 spiro atoms. The van der Waals surface area contributed by atoms with Crippen LogP contribution in [0.5, 0.6) is 0 Å². The van der Waals surface area contributed by atoms with Crippen LogP contribution in [-0.2, 0) is 5.41 Å². The minimum atomic E-state index is -0.173. The summed E-state index contributed by atoms with van der Waals surface area (Å²) in [6.45, 7) is 2.49. The molecule has 0 amide bonds. The number of hydrogen-bond acceptors (Lipinski definition) is 1. The maximum atomic E-state index is 2.53. The molecule has 1 heterocycles. The van der Waals surface area contributed by atoms with E-state index in [0.29, 0.717) is 23.8 Å². The molecular formula is C47H37N. The molecule has 1 aliphatic heterocycles. The monoisotopic (exact) mass is 615 g/mol. The molecule has 6 aromatic carbocycles. The van der Waals surface area contributed by atoms with Crippen molar-refractivity contribution < 1.29 is 0 Å². The molecule has 0 aromatic heterocycles. The lowest BCUT2D eigenvalue weighted by molar-refractivity contribution is 0.277. The molecule has 0 bridgehead atoms. The van der Waals surface area contributed by atoms with Crippen LogP contribution >= 0.6 is 0 Å². The summed E-state index contributed by atoms with van der Waals surface area (Å²) in [4.78, 5) is 2.53. The Morgan fingerprint density at radius 2 is 1.27 bits per heavy atom. The number of anilines is 2. The van der Waals surface area contributed by atoms with Gasteiger partial charge in [-0.15, -0.1) is 0 Å². The molecule has 1 heteroatoms. The van der Waals surface area contributed by atoms with Crippen LogP contribution in [0.4, 0.5) is 11.4 Å². The first kappa shape index (κ1) is 27.7. The van der Waals surface area contributed by atoms with Crippen molar-refractivity contribution in [2.24, 2.45) is 11.8 Å². The molecule has 48 heavy (non-hydrogen) atoms. The Labute approximate surface area is 282 Å². The largest absolute Gasteiger partial charge is 0.333 e. The molecular weight excluding hydrogens is 579 g/mol. The Balaban J connectivity index is 1.08. The SMILES string of the molecule is CC1(c2ccc3c(ccc4ccccc43)c2)c2ccccc2C(c2ccc(N3c4ccccc4C4C=CC=CC43)cc2)C2C=CC=CC21. The second-order valence-electron chi connectivity index (χ2n) is 14.2. The second kappa shape index (κ2) is 10.6. The van der Waals surface area contributed by atoms with Crippen molar-refractivity contribution in [1.82, 2.24) is 0 Å². The Morgan fingerprint density at radius 1 is 0.562 bits per heavy atom. The summed E-state index contributed by atoms with van der Waals surface area (Å²) in [6.07, 6.45) is 18.6. The normalized spacial score (nSPS) is 26.4. The predicted molar refractivity (Wildman–Crippen MR) is 201 cm³/mol. The van der Waals surface area contributed by atoms with Crippen molar-refractivity contribution in [3.8, 4) is 0 Å². The Morgan fingerprint density at radius 3 is 2.19 bits per heavy atom. The molecule has 0 radical (unpaired) electrons. The second-order valence-corrected chi connectivity index (χ2v) is 14.2. The number of allylic oxidation sites excluding steroid dienone is 6.